The Balaban J connectivity index is 2.35. The lowest BCUT2D eigenvalue weighted by molar-refractivity contribution is -0.131. The van der Waals surface area contributed by atoms with Crippen LogP contribution in [0.2, 0.25) is 0 Å². The Morgan fingerprint density at radius 2 is 2.33 bits per heavy atom. The van der Waals surface area contributed by atoms with Gasteiger partial charge in [-0.05, 0) is 24.7 Å². The smallest absolute Gasteiger partial charge is 0.328 e. The van der Waals surface area contributed by atoms with Crippen LogP contribution in [0.4, 0.5) is 0 Å². The molecule has 0 aliphatic carbocycles. The number of aliphatic carboxylic acids is 1. The van der Waals surface area contributed by atoms with Gasteiger partial charge in [-0.3, -0.25) is 0 Å². The van der Waals surface area contributed by atoms with Crippen LogP contribution in [0.5, 0.6) is 0 Å². The summed E-state index contributed by atoms with van der Waals surface area (Å²) in [5, 5.41) is 11.7. The molecule has 2 N–H and O–H groups in total. The standard InChI is InChI=1S/C13H14N2O3/c1-8-15-11-4-3-9(7-12(11)18-8)10(14-2)5-6-13(16)17/h3-7,10,14H,1-2H3,(H,16,17)/b6-5+. The number of aromatic nitrogens is 1. The van der Waals surface area contributed by atoms with Crippen LogP contribution in [0.1, 0.15) is 17.5 Å². The van der Waals surface area contributed by atoms with Crippen LogP contribution in [-0.2, 0) is 4.79 Å². The van der Waals surface area contributed by atoms with E-state index in [9.17, 15) is 4.79 Å². The number of likely N-dealkylation sites (N-methyl/N-ethyl adjacent to an activating group) is 1. The summed E-state index contributed by atoms with van der Waals surface area (Å²) in [7, 11) is 1.77. The minimum Gasteiger partial charge on any atom is -0.478 e. The maximum atomic E-state index is 10.5. The number of oxazole rings is 1. The lowest BCUT2D eigenvalue weighted by Gasteiger charge is -2.11. The molecule has 0 spiro atoms. The molecule has 0 saturated carbocycles. The molecule has 1 aromatic carbocycles. The van der Waals surface area contributed by atoms with Gasteiger partial charge >= 0.3 is 5.97 Å². The van der Waals surface area contributed by atoms with Crippen molar-refractivity contribution in [1.82, 2.24) is 10.3 Å². The third-order valence-corrected chi connectivity index (χ3v) is 2.62. The number of benzene rings is 1. The second-order valence-corrected chi connectivity index (χ2v) is 3.92. The molecule has 2 aromatic rings. The Kier molecular flexibility index (Phi) is 3.43. The second kappa shape index (κ2) is 5.01. The zero-order chi connectivity index (χ0) is 13.1. The lowest BCUT2D eigenvalue weighted by atomic mass is 10.1. The zero-order valence-corrected chi connectivity index (χ0v) is 10.2. The van der Waals surface area contributed by atoms with Crippen LogP contribution < -0.4 is 5.32 Å². The van der Waals surface area contributed by atoms with Crippen molar-refractivity contribution in [1.29, 1.82) is 0 Å². The van der Waals surface area contributed by atoms with Gasteiger partial charge < -0.3 is 14.8 Å². The minimum atomic E-state index is -0.966. The van der Waals surface area contributed by atoms with Crippen LogP contribution in [0, 0.1) is 6.92 Å². The Bertz CT molecular complexity index is 601. The maximum absolute atomic E-state index is 10.5. The van der Waals surface area contributed by atoms with Crippen LogP contribution in [-0.4, -0.2) is 23.1 Å². The number of nitrogens with zero attached hydrogens (tertiary/aromatic N) is 1. The quantitative estimate of drug-likeness (QED) is 0.807. The van der Waals surface area contributed by atoms with Gasteiger partial charge in [0, 0.05) is 13.0 Å². The van der Waals surface area contributed by atoms with Gasteiger partial charge in [0.25, 0.3) is 0 Å². The summed E-state index contributed by atoms with van der Waals surface area (Å²) in [5.41, 5.74) is 2.43. The molecule has 2 rings (SSSR count). The molecule has 0 fully saturated rings. The number of carboxylic acid groups (broad SMARTS) is 1. The number of hydrogen-bond donors (Lipinski definition) is 2. The third kappa shape index (κ3) is 2.57. The molecule has 0 saturated heterocycles. The van der Waals surface area contributed by atoms with Gasteiger partial charge in [0.05, 0.1) is 6.04 Å². The number of fused-ring (bicyclic) bond motifs is 1. The van der Waals surface area contributed by atoms with Gasteiger partial charge in [-0.1, -0.05) is 12.1 Å². The summed E-state index contributed by atoms with van der Waals surface area (Å²) >= 11 is 0. The van der Waals surface area contributed by atoms with E-state index in [1.54, 1.807) is 20.0 Å². The SMILES string of the molecule is CNC(/C=C/C(=O)O)c1ccc2nc(C)oc2c1. The van der Waals surface area contributed by atoms with E-state index in [2.05, 4.69) is 10.3 Å². The average molecular weight is 246 g/mol. The van der Waals surface area contributed by atoms with Crippen molar-refractivity contribution in [3.05, 3.63) is 41.8 Å². The van der Waals surface area contributed by atoms with E-state index in [0.717, 1.165) is 17.2 Å². The van der Waals surface area contributed by atoms with E-state index in [1.807, 2.05) is 18.2 Å². The molecule has 1 atom stereocenters. The van der Waals surface area contributed by atoms with Crippen molar-refractivity contribution < 1.29 is 14.3 Å². The fourth-order valence-electron chi connectivity index (χ4n) is 1.80. The molecule has 18 heavy (non-hydrogen) atoms. The molecule has 5 heteroatoms. The molecule has 0 radical (unpaired) electrons. The van der Waals surface area contributed by atoms with Gasteiger partial charge in [0.1, 0.15) is 5.52 Å². The van der Waals surface area contributed by atoms with Gasteiger partial charge in [-0.2, -0.15) is 0 Å². The van der Waals surface area contributed by atoms with Crippen LogP contribution in [0.15, 0.2) is 34.8 Å². The van der Waals surface area contributed by atoms with Crippen molar-refractivity contribution in [2.24, 2.45) is 0 Å². The fourth-order valence-corrected chi connectivity index (χ4v) is 1.80. The highest BCUT2D eigenvalue weighted by Gasteiger charge is 2.09. The number of nitrogens with one attached hydrogen (secondary N) is 1. The Labute approximate surface area is 104 Å². The van der Waals surface area contributed by atoms with Gasteiger partial charge in [0.15, 0.2) is 11.5 Å². The first-order valence-electron chi connectivity index (χ1n) is 5.55. The summed E-state index contributed by atoms with van der Waals surface area (Å²) in [4.78, 5) is 14.7. The molecule has 1 aromatic heterocycles. The van der Waals surface area contributed by atoms with E-state index >= 15 is 0 Å². The number of carbonyl (C=O) groups is 1. The van der Waals surface area contributed by atoms with Crippen LogP contribution >= 0.6 is 0 Å². The fraction of sp³-hybridized carbons (Fsp3) is 0.231. The van der Waals surface area contributed by atoms with E-state index in [0.29, 0.717) is 11.5 Å². The third-order valence-electron chi connectivity index (χ3n) is 2.62. The highest BCUT2D eigenvalue weighted by Crippen LogP contribution is 2.21. The summed E-state index contributed by atoms with van der Waals surface area (Å²) in [6.45, 7) is 1.79. The topological polar surface area (TPSA) is 75.4 Å². The molecule has 1 unspecified atom stereocenters. The Hall–Kier alpha value is -2.14. The predicted molar refractivity (Wildman–Crippen MR) is 67.3 cm³/mol. The van der Waals surface area contributed by atoms with E-state index < -0.39 is 5.97 Å². The molecule has 0 amide bonds. The van der Waals surface area contributed by atoms with E-state index in [4.69, 9.17) is 9.52 Å². The van der Waals surface area contributed by atoms with Crippen LogP contribution in [0.3, 0.4) is 0 Å². The predicted octanol–water partition coefficient (Wildman–Crippen LogP) is 2.04. The van der Waals surface area contributed by atoms with Gasteiger partial charge in [-0.25, -0.2) is 9.78 Å². The molecule has 94 valence electrons. The summed E-state index contributed by atoms with van der Waals surface area (Å²) < 4.78 is 5.45. The average Bonchev–Trinajstić information content (AvgIpc) is 2.68. The highest BCUT2D eigenvalue weighted by atomic mass is 16.4. The monoisotopic (exact) mass is 246 g/mol. The van der Waals surface area contributed by atoms with E-state index in [1.165, 1.54) is 0 Å². The first kappa shape index (κ1) is 12.3. The van der Waals surface area contributed by atoms with Crippen molar-refractivity contribution in [3.8, 4) is 0 Å². The van der Waals surface area contributed by atoms with Crippen molar-refractivity contribution in [2.75, 3.05) is 7.05 Å². The minimum absolute atomic E-state index is 0.170. The summed E-state index contributed by atoms with van der Waals surface area (Å²) in [6.07, 6.45) is 2.71. The zero-order valence-electron chi connectivity index (χ0n) is 10.2. The number of aryl methyl sites for hydroxylation is 1. The van der Waals surface area contributed by atoms with E-state index in [-0.39, 0.29) is 6.04 Å². The molecule has 5 nitrogen and oxygen atoms in total. The first-order valence-corrected chi connectivity index (χ1v) is 5.55. The van der Waals surface area contributed by atoms with Crippen LogP contribution in [0.25, 0.3) is 11.1 Å². The lowest BCUT2D eigenvalue weighted by Crippen LogP contribution is -2.14. The summed E-state index contributed by atoms with van der Waals surface area (Å²) in [6, 6.07) is 5.45. The van der Waals surface area contributed by atoms with Crippen molar-refractivity contribution in [2.45, 2.75) is 13.0 Å². The first-order chi connectivity index (χ1) is 8.60. The Morgan fingerprint density at radius 1 is 1.56 bits per heavy atom. The second-order valence-electron chi connectivity index (χ2n) is 3.92. The number of hydrogen-bond acceptors (Lipinski definition) is 4. The molecule has 1 heterocycles. The van der Waals surface area contributed by atoms with Gasteiger partial charge in [-0.15, -0.1) is 0 Å². The number of carboxylic acids is 1. The molecule has 0 bridgehead atoms. The Morgan fingerprint density at radius 3 is 3.00 bits per heavy atom. The summed E-state index contributed by atoms with van der Waals surface area (Å²) in [5.74, 6) is -0.351. The molecular formula is C13H14N2O3. The highest BCUT2D eigenvalue weighted by molar-refractivity contribution is 5.80. The number of rotatable bonds is 4. The normalized spacial score (nSPS) is 13.2. The molecule has 0 aliphatic rings. The maximum Gasteiger partial charge on any atom is 0.328 e. The van der Waals surface area contributed by atoms with Gasteiger partial charge in [0.2, 0.25) is 0 Å². The van der Waals surface area contributed by atoms with Crippen molar-refractivity contribution >= 4 is 17.1 Å². The molecule has 0 aliphatic heterocycles. The largest absolute Gasteiger partial charge is 0.478 e. The van der Waals surface area contributed by atoms with Crippen molar-refractivity contribution in [3.63, 3.8) is 0 Å². The molecular weight excluding hydrogens is 232 g/mol.